The first kappa shape index (κ1) is 48.7. The zero-order valence-electron chi connectivity index (χ0n) is 35.1. The standard InChI is InChI=1S/C43H53F2N7O10S/c1-30-49-36-27-32(42(55)51-43-50-37(29-63-43)35-5-2-3-11-47-35)7-8-38(36)52(30)12-4-6-39(53)48-28-31-25-33(44)41(34(45)26-31)62-40(54)9-13-56-15-17-58-19-21-60-23-24-61-22-20-59-18-16-57-14-10-46/h2-3,5,7-8,11,25-27,29H,4,6,9-10,12-24,28,46H2,1H3,(H,48,53)(H,50,51,55). The minimum absolute atomic E-state index is 0.0339. The number of pyridine rings is 1. The van der Waals surface area contributed by atoms with Crippen molar-refractivity contribution in [1.82, 2.24) is 24.8 Å². The number of carbonyl (C=O) groups excluding carboxylic acids is 3. The molecule has 0 aliphatic rings. The Kier molecular flexibility index (Phi) is 20.9. The minimum atomic E-state index is -1.08. The maximum Gasteiger partial charge on any atom is 0.313 e. The molecular formula is C43H53F2N7O10S. The number of thiazole rings is 1. The SMILES string of the molecule is Cc1nc2cc(C(=O)Nc3nc(-c4ccccn4)cs3)ccc2n1CCCC(=O)NCc1cc(F)c(OC(=O)CCOCCOCCOCCOCCOCCOCCN)c(F)c1. The largest absolute Gasteiger partial charge is 0.420 e. The number of amides is 2. The fraction of sp³-hybridized carbons (Fsp3) is 0.442. The Labute approximate surface area is 367 Å². The molecule has 3 heterocycles. The number of ether oxygens (including phenoxy) is 7. The number of rotatable bonds is 30. The van der Waals surface area contributed by atoms with E-state index in [0.717, 1.165) is 17.6 Å². The van der Waals surface area contributed by atoms with Crippen LogP contribution in [0.2, 0.25) is 0 Å². The van der Waals surface area contributed by atoms with E-state index in [9.17, 15) is 23.2 Å². The van der Waals surface area contributed by atoms with Gasteiger partial charge in [0.05, 0.1) is 102 Å². The van der Waals surface area contributed by atoms with E-state index in [1.54, 1.807) is 18.3 Å². The molecule has 0 spiro atoms. The lowest BCUT2D eigenvalue weighted by Crippen LogP contribution is -2.23. The average Bonchev–Trinajstić information content (AvgIpc) is 3.88. The van der Waals surface area contributed by atoms with Crippen molar-refractivity contribution >= 4 is 45.3 Å². The number of imidazole rings is 1. The van der Waals surface area contributed by atoms with Gasteiger partial charge in [-0.2, -0.15) is 0 Å². The van der Waals surface area contributed by atoms with Gasteiger partial charge >= 0.3 is 5.97 Å². The van der Waals surface area contributed by atoms with E-state index in [1.165, 1.54) is 11.3 Å². The van der Waals surface area contributed by atoms with Crippen molar-refractivity contribution in [1.29, 1.82) is 0 Å². The summed E-state index contributed by atoms with van der Waals surface area (Å²) in [6.45, 7) is 7.06. The average molecular weight is 898 g/mol. The predicted molar refractivity (Wildman–Crippen MR) is 229 cm³/mol. The van der Waals surface area contributed by atoms with Crippen LogP contribution >= 0.6 is 11.3 Å². The Hall–Kier alpha value is -5.32. The third kappa shape index (κ3) is 16.7. The van der Waals surface area contributed by atoms with E-state index in [2.05, 4.69) is 25.6 Å². The normalized spacial score (nSPS) is 11.3. The lowest BCUT2D eigenvalue weighted by molar-refractivity contribution is -0.136. The van der Waals surface area contributed by atoms with Crippen molar-refractivity contribution in [2.45, 2.75) is 39.3 Å². The van der Waals surface area contributed by atoms with Gasteiger partial charge in [0, 0.05) is 43.2 Å². The van der Waals surface area contributed by atoms with E-state index < -0.39 is 23.4 Å². The highest BCUT2D eigenvalue weighted by Crippen LogP contribution is 2.26. The third-order valence-corrected chi connectivity index (χ3v) is 9.73. The Balaban J connectivity index is 0.915. The molecule has 0 saturated heterocycles. The van der Waals surface area contributed by atoms with E-state index in [1.807, 2.05) is 41.1 Å². The van der Waals surface area contributed by atoms with Crippen LogP contribution in [-0.4, -0.2) is 123 Å². The summed E-state index contributed by atoms with van der Waals surface area (Å²) in [4.78, 5) is 51.3. The smallest absolute Gasteiger partial charge is 0.313 e. The van der Waals surface area contributed by atoms with Crippen LogP contribution in [-0.2, 0) is 51.1 Å². The Morgan fingerprint density at radius 3 is 2.02 bits per heavy atom. The van der Waals surface area contributed by atoms with Crippen LogP contribution < -0.4 is 21.1 Å². The number of fused-ring (bicyclic) bond motifs is 1. The number of esters is 1. The van der Waals surface area contributed by atoms with Crippen molar-refractivity contribution < 1.29 is 56.3 Å². The summed E-state index contributed by atoms with van der Waals surface area (Å²) in [6.07, 6.45) is 2.04. The molecule has 0 aliphatic heterocycles. The monoisotopic (exact) mass is 897 g/mol. The summed E-state index contributed by atoms with van der Waals surface area (Å²) < 4.78 is 68.6. The summed E-state index contributed by atoms with van der Waals surface area (Å²) in [6, 6.07) is 12.8. The number of aromatic nitrogens is 4. The van der Waals surface area contributed by atoms with Crippen LogP contribution in [0.25, 0.3) is 22.4 Å². The van der Waals surface area contributed by atoms with E-state index in [-0.39, 0.29) is 56.6 Å². The molecule has 0 bridgehead atoms. The summed E-state index contributed by atoms with van der Waals surface area (Å²) in [5.74, 6) is -3.79. The van der Waals surface area contributed by atoms with Gasteiger partial charge in [-0.1, -0.05) is 6.07 Å². The van der Waals surface area contributed by atoms with Crippen LogP contribution in [0, 0.1) is 18.6 Å². The van der Waals surface area contributed by atoms with Crippen molar-refractivity contribution in [2.75, 3.05) is 91.1 Å². The van der Waals surface area contributed by atoms with Crippen molar-refractivity contribution in [3.8, 4) is 17.1 Å². The number of nitrogens with zero attached hydrogens (tertiary/aromatic N) is 4. The lowest BCUT2D eigenvalue weighted by Gasteiger charge is -2.11. The number of hydrogen-bond acceptors (Lipinski definition) is 15. The first-order valence-electron chi connectivity index (χ1n) is 20.5. The Bertz CT molecular complexity index is 2170. The van der Waals surface area contributed by atoms with Gasteiger partial charge in [-0.15, -0.1) is 11.3 Å². The lowest BCUT2D eigenvalue weighted by atomic mass is 10.2. The van der Waals surface area contributed by atoms with Crippen molar-refractivity contribution in [2.24, 2.45) is 5.73 Å². The molecule has 0 fully saturated rings. The van der Waals surface area contributed by atoms with Crippen LogP contribution in [0.15, 0.2) is 60.1 Å². The molecule has 0 aliphatic carbocycles. The number of benzene rings is 2. The quantitative estimate of drug-likeness (QED) is 0.0320. The summed E-state index contributed by atoms with van der Waals surface area (Å²) in [7, 11) is 0. The highest BCUT2D eigenvalue weighted by atomic mass is 32.1. The second-order valence-electron chi connectivity index (χ2n) is 13.7. The van der Waals surface area contributed by atoms with Gasteiger partial charge < -0.3 is 48.8 Å². The van der Waals surface area contributed by atoms with Crippen molar-refractivity contribution in [3.05, 3.63) is 88.7 Å². The number of nitrogens with one attached hydrogen (secondary N) is 2. The van der Waals surface area contributed by atoms with Gasteiger partial charge in [-0.3, -0.25) is 24.7 Å². The van der Waals surface area contributed by atoms with Crippen LogP contribution in [0.4, 0.5) is 13.9 Å². The number of hydrogen-bond donors (Lipinski definition) is 3. The number of anilines is 1. The molecule has 4 N–H and O–H groups in total. The van der Waals surface area contributed by atoms with Crippen LogP contribution in [0.5, 0.6) is 5.75 Å². The molecular weight excluding hydrogens is 845 g/mol. The second kappa shape index (κ2) is 27.0. The Morgan fingerprint density at radius 1 is 0.762 bits per heavy atom. The highest BCUT2D eigenvalue weighted by molar-refractivity contribution is 7.14. The Morgan fingerprint density at radius 2 is 1.40 bits per heavy atom. The topological polar surface area (TPSA) is 209 Å². The molecule has 2 aromatic carbocycles. The predicted octanol–water partition coefficient (Wildman–Crippen LogP) is 4.84. The molecule has 20 heteroatoms. The van der Waals surface area contributed by atoms with Gasteiger partial charge in [0.2, 0.25) is 11.7 Å². The molecule has 0 saturated carbocycles. The van der Waals surface area contributed by atoms with E-state index >= 15 is 0 Å². The number of halogens is 2. The zero-order chi connectivity index (χ0) is 44.7. The van der Waals surface area contributed by atoms with Gasteiger partial charge in [0.25, 0.3) is 5.91 Å². The molecule has 0 atom stereocenters. The van der Waals surface area contributed by atoms with Crippen LogP contribution in [0.3, 0.4) is 0 Å². The third-order valence-electron chi connectivity index (χ3n) is 8.98. The first-order chi connectivity index (χ1) is 30.7. The zero-order valence-corrected chi connectivity index (χ0v) is 35.9. The minimum Gasteiger partial charge on any atom is -0.420 e. The highest BCUT2D eigenvalue weighted by Gasteiger charge is 2.18. The van der Waals surface area contributed by atoms with E-state index in [4.69, 9.17) is 38.9 Å². The molecule has 0 unspecified atom stereocenters. The molecule has 17 nitrogen and oxygen atoms in total. The van der Waals surface area contributed by atoms with Gasteiger partial charge in [-0.05, 0) is 61.4 Å². The summed E-state index contributed by atoms with van der Waals surface area (Å²) in [5.41, 5.74) is 8.71. The van der Waals surface area contributed by atoms with Gasteiger partial charge in [-0.25, -0.2) is 18.7 Å². The molecule has 63 heavy (non-hydrogen) atoms. The van der Waals surface area contributed by atoms with Gasteiger partial charge in [0.15, 0.2) is 16.8 Å². The molecule has 0 radical (unpaired) electrons. The second-order valence-corrected chi connectivity index (χ2v) is 14.5. The molecule has 340 valence electrons. The van der Waals surface area contributed by atoms with Crippen LogP contribution in [0.1, 0.15) is 41.0 Å². The fourth-order valence-electron chi connectivity index (χ4n) is 5.91. The first-order valence-corrected chi connectivity index (χ1v) is 21.4. The van der Waals surface area contributed by atoms with Gasteiger partial charge in [0.1, 0.15) is 11.5 Å². The number of nitrogens with two attached hydrogens (primary N) is 1. The van der Waals surface area contributed by atoms with Crippen molar-refractivity contribution in [3.63, 3.8) is 0 Å². The fourth-order valence-corrected chi connectivity index (χ4v) is 6.61. The number of carbonyl (C=O) groups is 3. The molecule has 2 amide bonds. The molecule has 5 aromatic rings. The molecule has 5 rings (SSSR count). The maximum absolute atomic E-state index is 14.8. The summed E-state index contributed by atoms with van der Waals surface area (Å²) in [5, 5.41) is 7.77. The molecule has 3 aromatic heterocycles. The van der Waals surface area contributed by atoms with E-state index in [0.29, 0.717) is 112 Å². The maximum atomic E-state index is 14.8. The number of aryl methyl sites for hydroxylation is 2. The summed E-state index contributed by atoms with van der Waals surface area (Å²) >= 11 is 1.30.